The molecular weight excluding hydrogens is 264 g/mol. The number of anilines is 2. The molecule has 0 aliphatic carbocycles. The molecule has 0 bridgehead atoms. The van der Waals surface area contributed by atoms with Crippen LogP contribution in [0.3, 0.4) is 0 Å². The highest BCUT2D eigenvalue weighted by Gasteiger charge is 2.06. The maximum absolute atomic E-state index is 11.5. The molecule has 0 saturated carbocycles. The lowest BCUT2D eigenvalue weighted by molar-refractivity contribution is 0.0526. The van der Waals surface area contributed by atoms with Gasteiger partial charge in [0.25, 0.3) is 0 Å². The Kier molecular flexibility index (Phi) is 4.36. The molecule has 0 spiro atoms. The van der Waals surface area contributed by atoms with Gasteiger partial charge in [0, 0.05) is 11.9 Å². The van der Waals surface area contributed by atoms with E-state index in [-0.39, 0.29) is 5.97 Å². The van der Waals surface area contributed by atoms with Crippen molar-refractivity contribution in [1.82, 2.24) is 4.98 Å². The lowest BCUT2D eigenvalue weighted by atomic mass is 10.2. The van der Waals surface area contributed by atoms with E-state index < -0.39 is 0 Å². The van der Waals surface area contributed by atoms with E-state index >= 15 is 0 Å². The van der Waals surface area contributed by atoms with Gasteiger partial charge in [0.15, 0.2) is 5.15 Å². The maximum atomic E-state index is 11.5. The fourth-order valence-electron chi connectivity index (χ4n) is 1.54. The molecule has 5 heteroatoms. The second-order valence-electron chi connectivity index (χ2n) is 3.76. The van der Waals surface area contributed by atoms with Crippen molar-refractivity contribution in [2.45, 2.75) is 6.92 Å². The van der Waals surface area contributed by atoms with Gasteiger partial charge in [-0.3, -0.25) is 0 Å². The molecule has 0 amide bonds. The Labute approximate surface area is 116 Å². The number of halogens is 1. The normalized spacial score (nSPS) is 10.0. The number of hydrogen-bond donors (Lipinski definition) is 1. The summed E-state index contributed by atoms with van der Waals surface area (Å²) in [5.74, 6) is -0.325. The first-order valence-electron chi connectivity index (χ1n) is 5.85. The van der Waals surface area contributed by atoms with E-state index in [2.05, 4.69) is 10.3 Å². The summed E-state index contributed by atoms with van der Waals surface area (Å²) in [6.07, 6.45) is 1.62. The minimum absolute atomic E-state index is 0.325. The molecule has 19 heavy (non-hydrogen) atoms. The van der Waals surface area contributed by atoms with Gasteiger partial charge in [-0.1, -0.05) is 11.6 Å². The highest BCUT2D eigenvalue weighted by atomic mass is 35.5. The van der Waals surface area contributed by atoms with Crippen molar-refractivity contribution in [2.75, 3.05) is 11.9 Å². The van der Waals surface area contributed by atoms with Gasteiger partial charge in [0.2, 0.25) is 0 Å². The van der Waals surface area contributed by atoms with Crippen LogP contribution in [-0.2, 0) is 4.74 Å². The summed E-state index contributed by atoms with van der Waals surface area (Å²) in [7, 11) is 0. The van der Waals surface area contributed by atoms with Crippen LogP contribution in [0, 0.1) is 0 Å². The van der Waals surface area contributed by atoms with Crippen LogP contribution in [0.1, 0.15) is 17.3 Å². The number of carbonyl (C=O) groups excluding carboxylic acids is 1. The molecule has 0 fully saturated rings. The number of rotatable bonds is 4. The molecular formula is C14H13ClN2O2. The van der Waals surface area contributed by atoms with Crippen molar-refractivity contribution >= 4 is 28.9 Å². The average Bonchev–Trinajstić information content (AvgIpc) is 2.42. The summed E-state index contributed by atoms with van der Waals surface area (Å²) in [5.41, 5.74) is 2.06. The van der Waals surface area contributed by atoms with Crippen molar-refractivity contribution in [3.05, 3.63) is 53.3 Å². The van der Waals surface area contributed by atoms with Crippen molar-refractivity contribution < 1.29 is 9.53 Å². The van der Waals surface area contributed by atoms with E-state index in [0.717, 1.165) is 5.69 Å². The van der Waals surface area contributed by atoms with Crippen molar-refractivity contribution in [3.63, 3.8) is 0 Å². The number of pyridine rings is 1. The Morgan fingerprint density at radius 2 is 2.05 bits per heavy atom. The quantitative estimate of drug-likeness (QED) is 0.684. The molecule has 1 N–H and O–H groups in total. The Hall–Kier alpha value is -2.07. The monoisotopic (exact) mass is 276 g/mol. The molecule has 98 valence electrons. The van der Waals surface area contributed by atoms with Crippen LogP contribution in [0.15, 0.2) is 42.6 Å². The van der Waals surface area contributed by atoms with E-state index in [4.69, 9.17) is 16.3 Å². The zero-order chi connectivity index (χ0) is 13.7. The number of carbonyl (C=O) groups is 1. The second-order valence-corrected chi connectivity index (χ2v) is 4.12. The minimum Gasteiger partial charge on any atom is -0.462 e. The molecule has 1 heterocycles. The van der Waals surface area contributed by atoms with Crippen LogP contribution < -0.4 is 5.32 Å². The Morgan fingerprint density at radius 3 is 2.68 bits per heavy atom. The van der Waals surface area contributed by atoms with Gasteiger partial charge in [-0.2, -0.15) is 0 Å². The number of nitrogens with one attached hydrogen (secondary N) is 1. The molecule has 0 saturated heterocycles. The molecule has 0 atom stereocenters. The number of esters is 1. The maximum Gasteiger partial charge on any atom is 0.338 e. The predicted octanol–water partition coefficient (Wildman–Crippen LogP) is 3.66. The van der Waals surface area contributed by atoms with Gasteiger partial charge >= 0.3 is 5.97 Å². The Balaban J connectivity index is 2.11. The first-order chi connectivity index (χ1) is 9.20. The molecule has 0 unspecified atom stereocenters. The van der Waals surface area contributed by atoms with Crippen molar-refractivity contribution in [1.29, 1.82) is 0 Å². The lowest BCUT2D eigenvalue weighted by Crippen LogP contribution is -2.04. The summed E-state index contributed by atoms with van der Waals surface area (Å²) in [6.45, 7) is 2.14. The van der Waals surface area contributed by atoms with Gasteiger partial charge in [0.05, 0.1) is 17.9 Å². The zero-order valence-corrected chi connectivity index (χ0v) is 11.1. The lowest BCUT2D eigenvalue weighted by Gasteiger charge is -2.08. The molecule has 1 aromatic carbocycles. The van der Waals surface area contributed by atoms with Crippen LogP contribution in [0.5, 0.6) is 0 Å². The molecule has 0 aliphatic rings. The fraction of sp³-hybridized carbons (Fsp3) is 0.143. The number of aromatic nitrogens is 1. The van der Waals surface area contributed by atoms with E-state index in [0.29, 0.717) is 23.0 Å². The molecule has 0 radical (unpaired) electrons. The van der Waals surface area contributed by atoms with E-state index in [1.165, 1.54) is 0 Å². The molecule has 1 aromatic heterocycles. The zero-order valence-electron chi connectivity index (χ0n) is 10.4. The third-order valence-electron chi connectivity index (χ3n) is 2.43. The van der Waals surface area contributed by atoms with Crippen LogP contribution in [0.2, 0.25) is 5.15 Å². The van der Waals surface area contributed by atoms with Gasteiger partial charge < -0.3 is 10.1 Å². The molecule has 2 rings (SSSR count). The van der Waals surface area contributed by atoms with E-state index in [1.54, 1.807) is 43.5 Å². The van der Waals surface area contributed by atoms with Crippen LogP contribution in [0.25, 0.3) is 0 Å². The first-order valence-corrected chi connectivity index (χ1v) is 6.23. The topological polar surface area (TPSA) is 51.2 Å². The number of hydrogen-bond acceptors (Lipinski definition) is 4. The van der Waals surface area contributed by atoms with Gasteiger partial charge in [-0.25, -0.2) is 9.78 Å². The number of benzene rings is 1. The Morgan fingerprint density at radius 1 is 1.32 bits per heavy atom. The van der Waals surface area contributed by atoms with Crippen LogP contribution in [0.4, 0.5) is 11.4 Å². The summed E-state index contributed by atoms with van der Waals surface area (Å²) in [6, 6.07) is 10.6. The summed E-state index contributed by atoms with van der Waals surface area (Å²) < 4.78 is 4.91. The third-order valence-corrected chi connectivity index (χ3v) is 2.74. The highest BCUT2D eigenvalue weighted by Crippen LogP contribution is 2.22. The molecule has 2 aromatic rings. The SMILES string of the molecule is CCOC(=O)c1ccc(Nc2cccnc2Cl)cc1. The summed E-state index contributed by atoms with van der Waals surface area (Å²) >= 11 is 5.95. The smallest absolute Gasteiger partial charge is 0.338 e. The highest BCUT2D eigenvalue weighted by molar-refractivity contribution is 6.32. The summed E-state index contributed by atoms with van der Waals surface area (Å²) in [4.78, 5) is 15.5. The summed E-state index contributed by atoms with van der Waals surface area (Å²) in [5, 5.41) is 3.52. The average molecular weight is 277 g/mol. The van der Waals surface area contributed by atoms with E-state index in [1.807, 2.05) is 6.07 Å². The predicted molar refractivity (Wildman–Crippen MR) is 74.9 cm³/mol. The fourth-order valence-corrected chi connectivity index (χ4v) is 1.71. The number of ether oxygens (including phenoxy) is 1. The van der Waals surface area contributed by atoms with Crippen LogP contribution in [-0.4, -0.2) is 17.6 Å². The van der Waals surface area contributed by atoms with Gasteiger partial charge in [-0.05, 0) is 43.3 Å². The minimum atomic E-state index is -0.325. The first kappa shape index (κ1) is 13.4. The van der Waals surface area contributed by atoms with E-state index in [9.17, 15) is 4.79 Å². The molecule has 0 aliphatic heterocycles. The van der Waals surface area contributed by atoms with Crippen molar-refractivity contribution in [2.24, 2.45) is 0 Å². The standard InChI is InChI=1S/C14H13ClN2O2/c1-2-19-14(18)10-5-7-11(8-6-10)17-12-4-3-9-16-13(12)15/h3-9,17H,2H2,1H3. The van der Waals surface area contributed by atoms with Crippen LogP contribution >= 0.6 is 11.6 Å². The largest absolute Gasteiger partial charge is 0.462 e. The number of nitrogens with zero attached hydrogens (tertiary/aromatic N) is 1. The molecule has 4 nitrogen and oxygen atoms in total. The van der Waals surface area contributed by atoms with Gasteiger partial charge in [-0.15, -0.1) is 0 Å². The van der Waals surface area contributed by atoms with Gasteiger partial charge in [0.1, 0.15) is 0 Å². The Bertz CT molecular complexity index is 570. The second kappa shape index (κ2) is 6.20. The third kappa shape index (κ3) is 3.45. The van der Waals surface area contributed by atoms with Crippen molar-refractivity contribution in [3.8, 4) is 0 Å².